The Morgan fingerprint density at radius 1 is 1.38 bits per heavy atom. The normalized spacial score (nSPS) is 17.7. The molecule has 1 aliphatic rings. The highest BCUT2D eigenvalue weighted by molar-refractivity contribution is 5.89. The number of nitrogens with one attached hydrogen (secondary N) is 1. The number of carbonyl (C=O) groups excluding carboxylic acids is 1. The number of benzene rings is 1. The van der Waals surface area contributed by atoms with Gasteiger partial charge in [0, 0.05) is 0 Å². The molecule has 1 saturated carbocycles. The van der Waals surface area contributed by atoms with Crippen molar-refractivity contribution in [3.05, 3.63) is 34.9 Å². The van der Waals surface area contributed by atoms with Gasteiger partial charge in [-0.25, -0.2) is 5.84 Å². The van der Waals surface area contributed by atoms with Gasteiger partial charge in [0.25, 0.3) is 0 Å². The predicted molar refractivity (Wildman–Crippen MR) is 63.8 cm³/mol. The van der Waals surface area contributed by atoms with Crippen LogP contribution in [0, 0.1) is 13.8 Å². The Kier molecular flexibility index (Phi) is 2.72. The van der Waals surface area contributed by atoms with Gasteiger partial charge in [-0.2, -0.15) is 0 Å². The molecule has 1 amide bonds. The van der Waals surface area contributed by atoms with Gasteiger partial charge in [0.2, 0.25) is 5.91 Å². The number of hydrogen-bond donors (Lipinski definition) is 2. The molecule has 0 atom stereocenters. The molecule has 0 radical (unpaired) electrons. The van der Waals surface area contributed by atoms with Crippen molar-refractivity contribution in [2.75, 3.05) is 0 Å². The molecule has 0 aliphatic heterocycles. The van der Waals surface area contributed by atoms with Crippen LogP contribution in [-0.4, -0.2) is 5.91 Å². The smallest absolute Gasteiger partial charge is 0.244 e. The zero-order valence-electron chi connectivity index (χ0n) is 9.84. The van der Waals surface area contributed by atoms with Gasteiger partial charge in [-0.3, -0.25) is 10.2 Å². The summed E-state index contributed by atoms with van der Waals surface area (Å²) in [6.45, 7) is 4.12. The Hall–Kier alpha value is -1.35. The number of hydrazine groups is 1. The Bertz CT molecular complexity index is 422. The lowest BCUT2D eigenvalue weighted by atomic mass is 9.63. The summed E-state index contributed by atoms with van der Waals surface area (Å²) >= 11 is 0. The van der Waals surface area contributed by atoms with E-state index in [0.29, 0.717) is 0 Å². The minimum atomic E-state index is -0.369. The fraction of sp³-hybridized carbons (Fsp3) is 0.462. The summed E-state index contributed by atoms with van der Waals surface area (Å²) in [4.78, 5) is 11.9. The lowest BCUT2D eigenvalue weighted by Crippen LogP contribution is -2.51. The second-order valence-corrected chi connectivity index (χ2v) is 4.73. The van der Waals surface area contributed by atoms with E-state index in [-0.39, 0.29) is 11.3 Å². The Morgan fingerprint density at radius 2 is 2.06 bits per heavy atom. The van der Waals surface area contributed by atoms with Crippen LogP contribution in [0.15, 0.2) is 18.2 Å². The summed E-state index contributed by atoms with van der Waals surface area (Å²) in [5.41, 5.74) is 5.48. The molecule has 3 N–H and O–H groups in total. The van der Waals surface area contributed by atoms with E-state index in [1.165, 1.54) is 11.1 Å². The monoisotopic (exact) mass is 218 g/mol. The summed E-state index contributed by atoms with van der Waals surface area (Å²) < 4.78 is 0. The second-order valence-electron chi connectivity index (χ2n) is 4.73. The lowest BCUT2D eigenvalue weighted by molar-refractivity contribution is -0.130. The number of hydrogen-bond acceptors (Lipinski definition) is 2. The molecule has 16 heavy (non-hydrogen) atoms. The van der Waals surface area contributed by atoms with Crippen LogP contribution in [0.4, 0.5) is 0 Å². The summed E-state index contributed by atoms with van der Waals surface area (Å²) in [5, 5.41) is 0. The molecule has 0 unspecified atom stereocenters. The number of aryl methyl sites for hydroxylation is 2. The third-order valence-corrected chi connectivity index (χ3v) is 3.67. The molecule has 3 heteroatoms. The number of amides is 1. The molecule has 0 saturated heterocycles. The molecule has 1 aliphatic carbocycles. The molecule has 1 fully saturated rings. The van der Waals surface area contributed by atoms with Gasteiger partial charge in [0.1, 0.15) is 0 Å². The number of nitrogens with two attached hydrogens (primary N) is 1. The predicted octanol–water partition coefficient (Wildman–Crippen LogP) is 1.72. The average Bonchev–Trinajstić information content (AvgIpc) is 2.19. The Morgan fingerprint density at radius 3 is 2.50 bits per heavy atom. The largest absolute Gasteiger partial charge is 0.293 e. The van der Waals surface area contributed by atoms with Crippen LogP contribution in [0.2, 0.25) is 0 Å². The molecule has 0 aromatic heterocycles. The lowest BCUT2D eigenvalue weighted by Gasteiger charge is -2.41. The van der Waals surface area contributed by atoms with Crippen molar-refractivity contribution in [3.8, 4) is 0 Å². The first-order chi connectivity index (χ1) is 7.60. The number of carbonyl (C=O) groups is 1. The van der Waals surface area contributed by atoms with Gasteiger partial charge < -0.3 is 0 Å². The maximum Gasteiger partial charge on any atom is 0.244 e. The van der Waals surface area contributed by atoms with Crippen LogP contribution in [-0.2, 0) is 10.2 Å². The number of rotatable bonds is 2. The van der Waals surface area contributed by atoms with E-state index in [2.05, 4.69) is 37.5 Å². The Balaban J connectivity index is 2.45. The van der Waals surface area contributed by atoms with Crippen molar-refractivity contribution < 1.29 is 4.79 Å². The molecule has 0 bridgehead atoms. The highest BCUT2D eigenvalue weighted by Gasteiger charge is 2.46. The van der Waals surface area contributed by atoms with E-state index in [9.17, 15) is 4.79 Å². The fourth-order valence-electron chi connectivity index (χ4n) is 2.64. The molecule has 86 valence electrons. The molecule has 2 rings (SSSR count). The van der Waals surface area contributed by atoms with Gasteiger partial charge in [-0.15, -0.1) is 0 Å². The standard InChI is InChI=1S/C13H18N2O/c1-9-4-5-11(10(2)8-9)13(6-3-7-13)12(16)15-14/h4-5,8H,3,6-7,14H2,1-2H3,(H,15,16). The zero-order valence-corrected chi connectivity index (χ0v) is 9.84. The molecule has 3 nitrogen and oxygen atoms in total. The highest BCUT2D eigenvalue weighted by Crippen LogP contribution is 2.45. The first-order valence-electron chi connectivity index (χ1n) is 5.69. The average molecular weight is 218 g/mol. The van der Waals surface area contributed by atoms with Crippen LogP contribution in [0.5, 0.6) is 0 Å². The summed E-state index contributed by atoms with van der Waals surface area (Å²) in [5.74, 6) is 5.24. The molecule has 1 aromatic carbocycles. The minimum absolute atomic E-state index is 0.0503. The van der Waals surface area contributed by atoms with Crippen LogP contribution in [0.1, 0.15) is 36.0 Å². The van der Waals surface area contributed by atoms with E-state index in [1.54, 1.807) is 0 Å². The van der Waals surface area contributed by atoms with Crippen molar-refractivity contribution in [1.29, 1.82) is 0 Å². The van der Waals surface area contributed by atoms with E-state index >= 15 is 0 Å². The summed E-state index contributed by atoms with van der Waals surface area (Å²) in [6.07, 6.45) is 2.90. The van der Waals surface area contributed by atoms with Crippen LogP contribution < -0.4 is 11.3 Å². The Labute approximate surface area is 96.0 Å². The maximum atomic E-state index is 11.9. The highest BCUT2D eigenvalue weighted by atomic mass is 16.2. The van der Waals surface area contributed by atoms with Crippen molar-refractivity contribution in [1.82, 2.24) is 5.43 Å². The molecular weight excluding hydrogens is 200 g/mol. The third kappa shape index (κ3) is 1.52. The maximum absolute atomic E-state index is 11.9. The second kappa shape index (κ2) is 3.91. The molecule has 0 heterocycles. The van der Waals surface area contributed by atoms with Crippen molar-refractivity contribution in [3.63, 3.8) is 0 Å². The first-order valence-corrected chi connectivity index (χ1v) is 5.69. The SMILES string of the molecule is Cc1ccc(C2(C(=O)NN)CCC2)c(C)c1. The minimum Gasteiger partial charge on any atom is -0.293 e. The molecule has 1 aromatic rings. The fourth-order valence-corrected chi connectivity index (χ4v) is 2.64. The van der Waals surface area contributed by atoms with Gasteiger partial charge in [-0.1, -0.05) is 30.2 Å². The van der Waals surface area contributed by atoms with E-state index < -0.39 is 0 Å². The molecule has 0 spiro atoms. The first kappa shape index (κ1) is 11.1. The quantitative estimate of drug-likeness (QED) is 0.451. The van der Waals surface area contributed by atoms with Gasteiger partial charge in [0.15, 0.2) is 0 Å². The van der Waals surface area contributed by atoms with Crippen molar-refractivity contribution in [2.24, 2.45) is 5.84 Å². The molecular formula is C13H18N2O. The van der Waals surface area contributed by atoms with Crippen LogP contribution in [0.3, 0.4) is 0 Å². The van der Waals surface area contributed by atoms with Gasteiger partial charge in [-0.05, 0) is 37.8 Å². The van der Waals surface area contributed by atoms with Gasteiger partial charge in [0.05, 0.1) is 5.41 Å². The topological polar surface area (TPSA) is 55.1 Å². The summed E-state index contributed by atoms with van der Waals surface area (Å²) in [6, 6.07) is 6.25. The van der Waals surface area contributed by atoms with E-state index in [1.807, 2.05) is 0 Å². The summed E-state index contributed by atoms with van der Waals surface area (Å²) in [7, 11) is 0. The van der Waals surface area contributed by atoms with Crippen molar-refractivity contribution >= 4 is 5.91 Å². The van der Waals surface area contributed by atoms with E-state index in [4.69, 9.17) is 5.84 Å². The van der Waals surface area contributed by atoms with Crippen molar-refractivity contribution in [2.45, 2.75) is 38.5 Å². The van der Waals surface area contributed by atoms with Crippen LogP contribution >= 0.6 is 0 Å². The zero-order chi connectivity index (χ0) is 11.8. The van der Waals surface area contributed by atoms with Gasteiger partial charge >= 0.3 is 0 Å². The third-order valence-electron chi connectivity index (χ3n) is 3.67. The van der Waals surface area contributed by atoms with Crippen LogP contribution in [0.25, 0.3) is 0 Å². The van der Waals surface area contributed by atoms with E-state index in [0.717, 1.165) is 24.8 Å².